The van der Waals surface area contributed by atoms with E-state index in [-0.39, 0.29) is 17.8 Å². The number of carboxylic acid groups (broad SMARTS) is 1. The van der Waals surface area contributed by atoms with E-state index in [1.807, 2.05) is 20.8 Å². The Bertz CT molecular complexity index is 665. The van der Waals surface area contributed by atoms with Crippen LogP contribution < -0.4 is 0 Å². The van der Waals surface area contributed by atoms with E-state index < -0.39 is 36.3 Å². The zero-order chi connectivity index (χ0) is 25.0. The van der Waals surface area contributed by atoms with Crippen molar-refractivity contribution in [1.82, 2.24) is 0 Å². The Balaban J connectivity index is 4.83. The van der Waals surface area contributed by atoms with Gasteiger partial charge in [-0.1, -0.05) is 83.6 Å². The molecule has 5 N–H and O–H groups in total. The molecule has 0 rings (SSSR count). The molecule has 0 amide bonds. The van der Waals surface area contributed by atoms with Crippen LogP contribution in [0.25, 0.3) is 0 Å². The van der Waals surface area contributed by atoms with Crippen molar-refractivity contribution in [1.29, 1.82) is 0 Å². The van der Waals surface area contributed by atoms with E-state index >= 15 is 0 Å². The van der Waals surface area contributed by atoms with Crippen LogP contribution in [0, 0.1) is 29.6 Å². The molecule has 32 heavy (non-hydrogen) atoms. The average Bonchev–Trinajstić information content (AvgIpc) is 2.76. The Labute approximate surface area is 193 Å². The van der Waals surface area contributed by atoms with Gasteiger partial charge in [-0.05, 0) is 25.3 Å². The first kappa shape index (κ1) is 30.3. The van der Waals surface area contributed by atoms with Crippen LogP contribution >= 0.6 is 0 Å². The van der Waals surface area contributed by atoms with Crippen LogP contribution in [-0.4, -0.2) is 55.9 Å². The Kier molecular flexibility index (Phi) is 14.3. The topological polar surface area (TPSA) is 118 Å². The maximum absolute atomic E-state index is 10.9. The van der Waals surface area contributed by atoms with Crippen LogP contribution in [0.15, 0.2) is 48.1 Å². The van der Waals surface area contributed by atoms with Gasteiger partial charge < -0.3 is 25.5 Å². The summed E-state index contributed by atoms with van der Waals surface area (Å²) in [6.45, 7) is 13.0. The lowest BCUT2D eigenvalue weighted by atomic mass is 9.93. The minimum atomic E-state index is -1.13. The smallest absolute Gasteiger partial charge is 0.309 e. The molecule has 0 unspecified atom stereocenters. The van der Waals surface area contributed by atoms with Crippen LogP contribution in [0.1, 0.15) is 54.9 Å². The Morgan fingerprint density at radius 3 is 1.53 bits per heavy atom. The lowest BCUT2D eigenvalue weighted by Gasteiger charge is -2.19. The molecular weight excluding hydrogens is 408 g/mol. The first-order valence-corrected chi connectivity index (χ1v) is 11.5. The summed E-state index contributed by atoms with van der Waals surface area (Å²) in [4.78, 5) is 10.9. The summed E-state index contributed by atoms with van der Waals surface area (Å²) in [6.07, 6.45) is 9.49. The summed E-state index contributed by atoms with van der Waals surface area (Å²) in [7, 11) is 0. The number of carboxylic acids is 1. The van der Waals surface area contributed by atoms with Crippen molar-refractivity contribution in [2.75, 3.05) is 0 Å². The molecule has 0 aromatic carbocycles. The molecule has 6 heteroatoms. The molecular formula is C26H44O6. The van der Waals surface area contributed by atoms with Crippen LogP contribution in [0.5, 0.6) is 0 Å². The Hall–Kier alpha value is -1.73. The molecule has 0 bridgehead atoms. The van der Waals surface area contributed by atoms with Crippen LogP contribution in [-0.2, 0) is 4.79 Å². The van der Waals surface area contributed by atoms with E-state index in [2.05, 4.69) is 19.9 Å². The summed E-state index contributed by atoms with van der Waals surface area (Å²) in [5.74, 6) is -2.34. The fourth-order valence-electron chi connectivity index (χ4n) is 2.94. The molecule has 0 aromatic heterocycles. The van der Waals surface area contributed by atoms with Crippen molar-refractivity contribution in [2.45, 2.75) is 79.3 Å². The van der Waals surface area contributed by atoms with Gasteiger partial charge in [-0.2, -0.15) is 0 Å². The number of hydrogen-bond donors (Lipinski definition) is 5. The third-order valence-electron chi connectivity index (χ3n) is 5.97. The van der Waals surface area contributed by atoms with Crippen molar-refractivity contribution in [3.05, 3.63) is 48.1 Å². The monoisotopic (exact) mass is 452 g/mol. The molecule has 6 nitrogen and oxygen atoms in total. The SMILES string of the molecule is CC[C@@H](C)/C=C(\C)[C@H](O)[C@@H](C)/C=C/[C@H](O)[C@@H](C)/C=C/[C@H](O)[C@@H](C)/C=C/[C@H](O)[C@@H](C)C(=O)O. The summed E-state index contributed by atoms with van der Waals surface area (Å²) in [5, 5.41) is 49.9. The van der Waals surface area contributed by atoms with E-state index in [1.165, 1.54) is 13.0 Å². The van der Waals surface area contributed by atoms with Gasteiger partial charge in [0.2, 0.25) is 0 Å². The molecule has 0 saturated carbocycles. The zero-order valence-electron chi connectivity index (χ0n) is 20.6. The van der Waals surface area contributed by atoms with Gasteiger partial charge >= 0.3 is 5.97 Å². The fourth-order valence-corrected chi connectivity index (χ4v) is 2.94. The van der Waals surface area contributed by atoms with Crippen molar-refractivity contribution in [2.24, 2.45) is 29.6 Å². The molecule has 9 atom stereocenters. The predicted molar refractivity (Wildman–Crippen MR) is 129 cm³/mol. The van der Waals surface area contributed by atoms with E-state index in [4.69, 9.17) is 5.11 Å². The summed E-state index contributed by atoms with van der Waals surface area (Å²) in [5.41, 5.74) is 0.923. The zero-order valence-corrected chi connectivity index (χ0v) is 20.6. The molecule has 0 radical (unpaired) electrons. The minimum absolute atomic E-state index is 0.142. The second kappa shape index (κ2) is 15.2. The van der Waals surface area contributed by atoms with Gasteiger partial charge in [0.25, 0.3) is 0 Å². The summed E-state index contributed by atoms with van der Waals surface area (Å²) < 4.78 is 0. The molecule has 0 fully saturated rings. The average molecular weight is 453 g/mol. The van der Waals surface area contributed by atoms with Crippen molar-refractivity contribution >= 4 is 5.97 Å². The lowest BCUT2D eigenvalue weighted by Crippen LogP contribution is -2.24. The van der Waals surface area contributed by atoms with E-state index in [1.54, 1.807) is 37.3 Å². The molecule has 0 saturated heterocycles. The van der Waals surface area contributed by atoms with Gasteiger partial charge in [0.05, 0.1) is 30.3 Å². The molecule has 0 aliphatic rings. The van der Waals surface area contributed by atoms with Gasteiger partial charge in [-0.25, -0.2) is 0 Å². The lowest BCUT2D eigenvalue weighted by molar-refractivity contribution is -0.143. The fraction of sp³-hybridized carbons (Fsp3) is 0.654. The molecule has 0 aliphatic heterocycles. The highest BCUT2D eigenvalue weighted by atomic mass is 16.4. The van der Waals surface area contributed by atoms with Gasteiger partial charge in [0.1, 0.15) is 0 Å². The minimum Gasteiger partial charge on any atom is -0.481 e. The number of carbonyl (C=O) groups is 1. The summed E-state index contributed by atoms with van der Waals surface area (Å²) >= 11 is 0. The third-order valence-corrected chi connectivity index (χ3v) is 5.97. The first-order valence-electron chi connectivity index (χ1n) is 11.5. The largest absolute Gasteiger partial charge is 0.481 e. The van der Waals surface area contributed by atoms with Gasteiger partial charge in [-0.15, -0.1) is 0 Å². The van der Waals surface area contributed by atoms with Crippen molar-refractivity contribution < 1.29 is 30.3 Å². The van der Waals surface area contributed by atoms with E-state index in [9.17, 15) is 25.2 Å². The number of hydrogen-bond acceptors (Lipinski definition) is 5. The number of rotatable bonds is 14. The molecule has 0 heterocycles. The number of aliphatic hydroxyl groups excluding tert-OH is 4. The third kappa shape index (κ3) is 11.2. The van der Waals surface area contributed by atoms with Crippen LogP contribution in [0.2, 0.25) is 0 Å². The number of allylic oxidation sites excluding steroid dienone is 1. The van der Waals surface area contributed by atoms with Gasteiger partial charge in [0, 0.05) is 17.8 Å². The number of aliphatic carboxylic acids is 1. The first-order chi connectivity index (χ1) is 14.8. The molecule has 0 spiro atoms. The van der Waals surface area contributed by atoms with E-state index in [0.717, 1.165) is 12.0 Å². The van der Waals surface area contributed by atoms with Crippen molar-refractivity contribution in [3.63, 3.8) is 0 Å². The van der Waals surface area contributed by atoms with Crippen molar-refractivity contribution in [3.8, 4) is 0 Å². The summed E-state index contributed by atoms with van der Waals surface area (Å²) in [6, 6.07) is 0. The molecule has 0 aliphatic carbocycles. The maximum Gasteiger partial charge on any atom is 0.309 e. The standard InChI is InChI=1S/C26H44O6/c1-8-16(2)15-20(6)25(30)19(5)11-13-23(28)17(3)9-12-22(27)18(4)10-14-24(29)21(7)26(31)32/h9-19,21-25,27-30H,8H2,1-7H3,(H,31,32)/b12-9+,13-11+,14-10+,20-15+/t16-,17+,18+,19+,21-,22+,23+,24+,25-/m1/s1. The molecule has 184 valence electrons. The Morgan fingerprint density at radius 2 is 1.12 bits per heavy atom. The van der Waals surface area contributed by atoms with Crippen LogP contribution in [0.3, 0.4) is 0 Å². The predicted octanol–water partition coefficient (Wildman–Crippen LogP) is 3.72. The van der Waals surface area contributed by atoms with Crippen LogP contribution in [0.4, 0.5) is 0 Å². The second-order valence-electron chi connectivity index (χ2n) is 9.07. The quantitative estimate of drug-likeness (QED) is 0.256. The molecule has 0 aromatic rings. The Morgan fingerprint density at radius 1 is 0.719 bits per heavy atom. The van der Waals surface area contributed by atoms with Gasteiger partial charge in [-0.3, -0.25) is 4.79 Å². The normalized spacial score (nSPS) is 21.9. The van der Waals surface area contributed by atoms with E-state index in [0.29, 0.717) is 5.92 Å². The van der Waals surface area contributed by atoms with Gasteiger partial charge in [0.15, 0.2) is 0 Å². The number of aliphatic hydroxyl groups is 4. The highest BCUT2D eigenvalue weighted by molar-refractivity contribution is 5.70. The highest BCUT2D eigenvalue weighted by Gasteiger charge is 2.19. The highest BCUT2D eigenvalue weighted by Crippen LogP contribution is 2.18. The maximum atomic E-state index is 10.9. The second-order valence-corrected chi connectivity index (χ2v) is 9.07.